The summed E-state index contributed by atoms with van der Waals surface area (Å²) in [6.45, 7) is 1.17. The Morgan fingerprint density at radius 2 is 0.979 bits per heavy atom. The van der Waals surface area contributed by atoms with Crippen molar-refractivity contribution in [3.05, 3.63) is 0 Å². The predicted octanol–water partition coefficient (Wildman–Crippen LogP) is 0.886. The first kappa shape index (κ1) is 43.7. The van der Waals surface area contributed by atoms with Gasteiger partial charge in [-0.05, 0) is 19.3 Å². The van der Waals surface area contributed by atoms with E-state index in [-0.39, 0.29) is 84.6 Å². The number of nitrogens with one attached hydrogen (secondary N) is 3. The van der Waals surface area contributed by atoms with Gasteiger partial charge >= 0.3 is 11.9 Å². The van der Waals surface area contributed by atoms with E-state index in [2.05, 4.69) is 16.0 Å². The fraction of sp³-hybridized carbons (Fsp3) is 0.806. The lowest BCUT2D eigenvalue weighted by atomic mass is 10.1. The Bertz CT molecular complexity index is 891. The van der Waals surface area contributed by atoms with Crippen molar-refractivity contribution in [1.82, 2.24) is 16.0 Å². The number of aliphatic carboxylic acids is 2. The van der Waals surface area contributed by atoms with E-state index >= 15 is 0 Å². The maximum absolute atomic E-state index is 12.0. The van der Waals surface area contributed by atoms with Gasteiger partial charge in [0.25, 0.3) is 0 Å². The van der Waals surface area contributed by atoms with Crippen molar-refractivity contribution in [2.45, 2.75) is 95.9 Å². The molecule has 1 atom stereocenters. The number of carbonyl (C=O) groups excluding carboxylic acids is 4. The third-order valence-electron chi connectivity index (χ3n) is 6.70. The van der Waals surface area contributed by atoms with Crippen LogP contribution in [-0.4, -0.2) is 118 Å². The molecule has 0 saturated heterocycles. The molecule has 0 aliphatic heterocycles. The minimum absolute atomic E-state index is 0.0249. The first-order valence-electron chi connectivity index (χ1n) is 16.5. The Morgan fingerprint density at radius 1 is 0.532 bits per heavy atom. The second-order valence-electron chi connectivity index (χ2n) is 10.9. The van der Waals surface area contributed by atoms with Gasteiger partial charge in [-0.3, -0.25) is 24.0 Å². The molecule has 4 amide bonds. The van der Waals surface area contributed by atoms with E-state index in [4.69, 9.17) is 29.8 Å². The Balaban J connectivity index is 3.66. The highest BCUT2D eigenvalue weighted by molar-refractivity contribution is 5.85. The summed E-state index contributed by atoms with van der Waals surface area (Å²) in [6.07, 6.45) is 10.9. The van der Waals surface area contributed by atoms with Gasteiger partial charge in [-0.2, -0.15) is 0 Å². The van der Waals surface area contributed by atoms with E-state index in [0.29, 0.717) is 13.0 Å². The maximum atomic E-state index is 12.0. The number of carboxylic acid groups (broad SMARTS) is 2. The molecule has 0 saturated carbocycles. The maximum Gasteiger partial charge on any atom is 0.326 e. The number of rotatable bonds is 34. The largest absolute Gasteiger partial charge is 0.481 e. The lowest BCUT2D eigenvalue weighted by Gasteiger charge is -2.14. The fourth-order valence-electron chi connectivity index (χ4n) is 4.22. The quantitative estimate of drug-likeness (QED) is 0.0521. The van der Waals surface area contributed by atoms with Gasteiger partial charge in [-0.15, -0.1) is 0 Å². The number of primary amides is 1. The Morgan fingerprint density at radius 3 is 1.47 bits per heavy atom. The zero-order valence-electron chi connectivity index (χ0n) is 27.6. The van der Waals surface area contributed by atoms with Gasteiger partial charge in [-0.1, -0.05) is 51.4 Å². The molecule has 0 aromatic carbocycles. The van der Waals surface area contributed by atoms with Gasteiger partial charge in [0.2, 0.25) is 23.6 Å². The number of amides is 4. The molecule has 1 unspecified atom stereocenters. The van der Waals surface area contributed by atoms with Gasteiger partial charge in [0, 0.05) is 32.4 Å². The van der Waals surface area contributed by atoms with Crippen LogP contribution in [0.5, 0.6) is 0 Å². The summed E-state index contributed by atoms with van der Waals surface area (Å²) in [7, 11) is 0. The molecule has 16 nitrogen and oxygen atoms in total. The van der Waals surface area contributed by atoms with Gasteiger partial charge in [-0.25, -0.2) is 4.79 Å². The third-order valence-corrected chi connectivity index (χ3v) is 6.70. The fourth-order valence-corrected chi connectivity index (χ4v) is 4.22. The van der Waals surface area contributed by atoms with Crippen LogP contribution in [0.1, 0.15) is 89.9 Å². The van der Waals surface area contributed by atoms with Gasteiger partial charge in [0.05, 0.1) is 39.6 Å². The van der Waals surface area contributed by atoms with E-state index < -0.39 is 35.7 Å². The average Bonchev–Trinajstić information content (AvgIpc) is 3.01. The normalized spacial score (nSPS) is 11.5. The Labute approximate surface area is 277 Å². The molecule has 0 aromatic rings. The van der Waals surface area contributed by atoms with Crippen molar-refractivity contribution in [2.75, 3.05) is 65.9 Å². The molecule has 0 aromatic heterocycles. The molecule has 0 radical (unpaired) electrons. The number of hydrogen-bond donors (Lipinski definition) is 6. The summed E-state index contributed by atoms with van der Waals surface area (Å²) < 4.78 is 20.7. The minimum Gasteiger partial charge on any atom is -0.481 e. The van der Waals surface area contributed by atoms with Gasteiger partial charge in [0.15, 0.2) is 0 Å². The summed E-state index contributed by atoms with van der Waals surface area (Å²) in [5.41, 5.74) is 4.93. The minimum atomic E-state index is -1.27. The van der Waals surface area contributed by atoms with Crippen LogP contribution >= 0.6 is 0 Å². The van der Waals surface area contributed by atoms with Crippen LogP contribution < -0.4 is 21.7 Å². The molecular formula is C31H56N4O12. The molecule has 0 bridgehead atoms. The number of carbonyl (C=O) groups is 6. The lowest BCUT2D eigenvalue weighted by molar-refractivity contribution is -0.143. The van der Waals surface area contributed by atoms with Crippen LogP contribution in [0.3, 0.4) is 0 Å². The zero-order chi connectivity index (χ0) is 35.0. The highest BCUT2D eigenvalue weighted by Crippen LogP contribution is 2.12. The molecule has 7 N–H and O–H groups in total. The first-order chi connectivity index (χ1) is 22.6. The van der Waals surface area contributed by atoms with Crippen LogP contribution in [0, 0.1) is 0 Å². The number of carboxylic acids is 2. The monoisotopic (exact) mass is 676 g/mol. The van der Waals surface area contributed by atoms with Crippen molar-refractivity contribution in [3.63, 3.8) is 0 Å². The van der Waals surface area contributed by atoms with E-state index in [9.17, 15) is 33.9 Å². The smallest absolute Gasteiger partial charge is 0.326 e. The van der Waals surface area contributed by atoms with Crippen molar-refractivity contribution in [2.24, 2.45) is 5.73 Å². The molecule has 0 aliphatic rings. The van der Waals surface area contributed by atoms with Crippen LogP contribution in [-0.2, 0) is 47.7 Å². The average molecular weight is 677 g/mol. The molecule has 16 heteroatoms. The number of ether oxygens (including phenoxy) is 4. The van der Waals surface area contributed by atoms with Crippen molar-refractivity contribution in [1.29, 1.82) is 0 Å². The van der Waals surface area contributed by atoms with E-state index in [1.54, 1.807) is 0 Å². The molecule has 0 heterocycles. The van der Waals surface area contributed by atoms with E-state index in [1.807, 2.05) is 0 Å². The highest BCUT2D eigenvalue weighted by Gasteiger charge is 2.21. The standard InChI is InChI=1S/C31H56N4O12/c32-26(36)23-46-21-19-44-18-16-34-28(38)14-13-25(31(42)43)35-29(39)24-47-22-20-45-17-15-33-27(37)11-9-7-5-3-1-2-4-6-8-10-12-30(40)41/h25H,1-24H2,(H2,32,36)(H,33,37)(H,34,38)(H,35,39)(H,40,41)(H,42,43). The zero-order valence-corrected chi connectivity index (χ0v) is 27.6. The Hall–Kier alpha value is -3.34. The second kappa shape index (κ2) is 31.3. The van der Waals surface area contributed by atoms with Crippen LogP contribution in [0.25, 0.3) is 0 Å². The highest BCUT2D eigenvalue weighted by atomic mass is 16.5. The summed E-state index contributed by atoms with van der Waals surface area (Å²) >= 11 is 0. The number of nitrogens with two attached hydrogens (primary N) is 1. The Kier molecular flexibility index (Phi) is 29.0. The summed E-state index contributed by atoms with van der Waals surface area (Å²) in [6, 6.07) is -1.26. The van der Waals surface area contributed by atoms with E-state index in [1.165, 1.54) is 12.8 Å². The summed E-state index contributed by atoms with van der Waals surface area (Å²) in [5, 5.41) is 25.7. The number of hydrogen-bond acceptors (Lipinski definition) is 10. The van der Waals surface area contributed by atoms with Gasteiger partial charge in [0.1, 0.15) is 19.3 Å². The van der Waals surface area contributed by atoms with E-state index in [0.717, 1.165) is 51.4 Å². The topological polar surface area (TPSA) is 242 Å². The third kappa shape index (κ3) is 32.4. The number of unbranched alkanes of at least 4 members (excludes halogenated alkanes) is 9. The molecule has 0 fully saturated rings. The summed E-state index contributed by atoms with van der Waals surface area (Å²) in [4.78, 5) is 68.4. The van der Waals surface area contributed by atoms with Crippen LogP contribution in [0.4, 0.5) is 0 Å². The molecule has 0 aliphatic carbocycles. The van der Waals surface area contributed by atoms with Crippen molar-refractivity contribution < 1.29 is 57.9 Å². The lowest BCUT2D eigenvalue weighted by Crippen LogP contribution is -2.43. The molecular weight excluding hydrogens is 620 g/mol. The van der Waals surface area contributed by atoms with Crippen molar-refractivity contribution in [3.8, 4) is 0 Å². The summed E-state index contributed by atoms with van der Waals surface area (Å²) in [5.74, 6) is -3.64. The van der Waals surface area contributed by atoms with Crippen molar-refractivity contribution >= 4 is 35.6 Å². The molecule has 47 heavy (non-hydrogen) atoms. The molecule has 272 valence electrons. The first-order valence-corrected chi connectivity index (χ1v) is 16.5. The SMILES string of the molecule is NC(=O)COCCOCCNC(=O)CCC(NC(=O)COCCOCCNC(=O)CCCCCCCCCCCCC(=O)O)C(=O)O. The van der Waals surface area contributed by atoms with Crippen LogP contribution in [0.15, 0.2) is 0 Å². The van der Waals surface area contributed by atoms with Crippen LogP contribution in [0.2, 0.25) is 0 Å². The predicted molar refractivity (Wildman–Crippen MR) is 170 cm³/mol. The second-order valence-corrected chi connectivity index (χ2v) is 10.9. The van der Waals surface area contributed by atoms with Gasteiger partial charge < -0.3 is 50.8 Å². The molecule has 0 spiro atoms. The molecule has 0 rings (SSSR count).